The predicted molar refractivity (Wildman–Crippen MR) is 78.4 cm³/mol. The maximum Gasteiger partial charge on any atom is 0.165 e. The summed E-state index contributed by atoms with van der Waals surface area (Å²) in [7, 11) is 0. The van der Waals surface area contributed by atoms with Gasteiger partial charge in [-0.2, -0.15) is 0 Å². The van der Waals surface area contributed by atoms with E-state index in [2.05, 4.69) is 11.8 Å². The number of ether oxygens (including phenoxy) is 1. The molecule has 0 spiro atoms. The third-order valence-electron chi connectivity index (χ3n) is 4.57. The molecule has 3 unspecified atom stereocenters. The second kappa shape index (κ2) is 6.06. The fourth-order valence-corrected chi connectivity index (χ4v) is 3.67. The molecule has 20 heavy (non-hydrogen) atoms. The summed E-state index contributed by atoms with van der Waals surface area (Å²) in [5, 5.41) is 0. The molecule has 0 N–H and O–H groups in total. The van der Waals surface area contributed by atoms with E-state index in [0.717, 1.165) is 17.4 Å². The van der Waals surface area contributed by atoms with Crippen molar-refractivity contribution in [1.82, 2.24) is 0 Å². The van der Waals surface area contributed by atoms with Crippen LogP contribution in [-0.2, 0) is 0 Å². The SMILES string of the molecule is Fc1ccc(C#CCCl)cc1OCC1CC2CCC1C2. The topological polar surface area (TPSA) is 9.23 Å². The molecule has 0 radical (unpaired) electrons. The largest absolute Gasteiger partial charge is 0.490 e. The first-order chi connectivity index (χ1) is 9.76. The van der Waals surface area contributed by atoms with Crippen molar-refractivity contribution in [3.8, 4) is 17.6 Å². The number of rotatable bonds is 3. The number of hydrogen-bond donors (Lipinski definition) is 0. The summed E-state index contributed by atoms with van der Waals surface area (Å²) in [5.41, 5.74) is 0.745. The summed E-state index contributed by atoms with van der Waals surface area (Å²) >= 11 is 5.53. The highest BCUT2D eigenvalue weighted by Gasteiger charge is 2.39. The van der Waals surface area contributed by atoms with Gasteiger partial charge < -0.3 is 4.74 Å². The summed E-state index contributed by atoms with van der Waals surface area (Å²) < 4.78 is 19.5. The Balaban J connectivity index is 1.64. The summed E-state index contributed by atoms with van der Waals surface area (Å²) in [6.07, 6.45) is 5.29. The first-order valence-corrected chi connectivity index (χ1v) is 7.77. The Morgan fingerprint density at radius 2 is 2.20 bits per heavy atom. The van der Waals surface area contributed by atoms with Crippen molar-refractivity contribution >= 4 is 11.6 Å². The predicted octanol–water partition coefficient (Wildman–Crippen LogP) is 4.23. The Bertz CT molecular complexity index is 546. The van der Waals surface area contributed by atoms with Gasteiger partial charge in [0.2, 0.25) is 0 Å². The number of alkyl halides is 1. The number of halogens is 2. The Morgan fingerprint density at radius 1 is 1.30 bits per heavy atom. The molecule has 2 fully saturated rings. The van der Waals surface area contributed by atoms with Crippen molar-refractivity contribution in [2.45, 2.75) is 25.7 Å². The van der Waals surface area contributed by atoms with E-state index in [4.69, 9.17) is 16.3 Å². The van der Waals surface area contributed by atoms with Crippen LogP contribution >= 0.6 is 11.6 Å². The molecule has 2 aliphatic carbocycles. The lowest BCUT2D eigenvalue weighted by atomic mass is 9.89. The van der Waals surface area contributed by atoms with Crippen molar-refractivity contribution < 1.29 is 9.13 Å². The molecule has 0 aliphatic heterocycles. The van der Waals surface area contributed by atoms with Crippen LogP contribution in [0.3, 0.4) is 0 Å². The van der Waals surface area contributed by atoms with Crippen molar-refractivity contribution in [3.63, 3.8) is 0 Å². The van der Waals surface area contributed by atoms with Gasteiger partial charge in [0.1, 0.15) is 0 Å². The highest BCUT2D eigenvalue weighted by Crippen LogP contribution is 2.48. The Hall–Kier alpha value is -1.20. The van der Waals surface area contributed by atoms with Crippen molar-refractivity contribution in [2.75, 3.05) is 12.5 Å². The van der Waals surface area contributed by atoms with Crippen molar-refractivity contribution in [2.24, 2.45) is 17.8 Å². The molecule has 2 bridgehead atoms. The summed E-state index contributed by atoms with van der Waals surface area (Å²) in [5.74, 6) is 8.22. The average Bonchev–Trinajstić information content (AvgIpc) is 3.07. The Kier molecular flexibility index (Phi) is 4.17. The lowest BCUT2D eigenvalue weighted by Gasteiger charge is -2.21. The van der Waals surface area contributed by atoms with E-state index in [1.165, 1.54) is 31.7 Å². The summed E-state index contributed by atoms with van der Waals surface area (Å²) in [6, 6.07) is 4.73. The molecule has 0 heterocycles. The highest BCUT2D eigenvalue weighted by atomic mass is 35.5. The molecule has 2 aliphatic rings. The normalized spacial score (nSPS) is 27.2. The van der Waals surface area contributed by atoms with Gasteiger partial charge in [0, 0.05) is 5.56 Å². The van der Waals surface area contributed by atoms with Gasteiger partial charge in [-0.3, -0.25) is 0 Å². The zero-order valence-electron chi connectivity index (χ0n) is 11.4. The molecule has 0 amide bonds. The van der Waals surface area contributed by atoms with Gasteiger partial charge in [-0.05, 0) is 55.2 Å². The smallest absolute Gasteiger partial charge is 0.165 e. The van der Waals surface area contributed by atoms with Crippen LogP contribution in [0, 0.1) is 35.4 Å². The van der Waals surface area contributed by atoms with Gasteiger partial charge in [0.05, 0.1) is 12.5 Å². The highest BCUT2D eigenvalue weighted by molar-refractivity contribution is 6.19. The third kappa shape index (κ3) is 2.94. The van der Waals surface area contributed by atoms with Crippen molar-refractivity contribution in [1.29, 1.82) is 0 Å². The van der Waals surface area contributed by atoms with E-state index >= 15 is 0 Å². The summed E-state index contributed by atoms with van der Waals surface area (Å²) in [4.78, 5) is 0. The maximum atomic E-state index is 13.8. The quantitative estimate of drug-likeness (QED) is 0.598. The molecular formula is C17H18ClFO. The minimum Gasteiger partial charge on any atom is -0.490 e. The molecule has 3 atom stereocenters. The first kappa shape index (κ1) is 13.8. The number of hydrogen-bond acceptors (Lipinski definition) is 1. The fourth-order valence-electron chi connectivity index (χ4n) is 3.60. The molecule has 1 nitrogen and oxygen atoms in total. The van der Waals surface area contributed by atoms with Crippen LogP contribution in [0.1, 0.15) is 31.2 Å². The van der Waals surface area contributed by atoms with Gasteiger partial charge in [0.15, 0.2) is 11.6 Å². The van der Waals surface area contributed by atoms with Gasteiger partial charge in [-0.1, -0.05) is 18.3 Å². The van der Waals surface area contributed by atoms with E-state index in [9.17, 15) is 4.39 Å². The molecule has 106 valence electrons. The lowest BCUT2D eigenvalue weighted by Crippen LogP contribution is -2.18. The second-order valence-corrected chi connectivity index (χ2v) is 6.09. The zero-order valence-corrected chi connectivity index (χ0v) is 12.1. The van der Waals surface area contributed by atoms with Gasteiger partial charge >= 0.3 is 0 Å². The number of benzene rings is 1. The van der Waals surface area contributed by atoms with E-state index < -0.39 is 0 Å². The van der Waals surface area contributed by atoms with Crippen LogP contribution in [-0.4, -0.2) is 12.5 Å². The van der Waals surface area contributed by atoms with Gasteiger partial charge in [-0.15, -0.1) is 11.6 Å². The maximum absolute atomic E-state index is 13.8. The fraction of sp³-hybridized carbons (Fsp3) is 0.529. The molecule has 2 saturated carbocycles. The summed E-state index contributed by atoms with van der Waals surface area (Å²) in [6.45, 7) is 0.629. The molecule has 0 aromatic heterocycles. The second-order valence-electron chi connectivity index (χ2n) is 5.83. The van der Waals surface area contributed by atoms with Crippen LogP contribution in [0.25, 0.3) is 0 Å². The zero-order chi connectivity index (χ0) is 13.9. The van der Waals surface area contributed by atoms with Crippen molar-refractivity contribution in [3.05, 3.63) is 29.6 Å². The molecule has 1 aromatic carbocycles. The van der Waals surface area contributed by atoms with E-state index in [0.29, 0.717) is 18.3 Å². The molecule has 3 rings (SSSR count). The van der Waals surface area contributed by atoms with E-state index in [-0.39, 0.29) is 11.7 Å². The average molecular weight is 293 g/mol. The number of fused-ring (bicyclic) bond motifs is 2. The molecule has 3 heteroatoms. The Labute approximate surface area is 124 Å². The molecular weight excluding hydrogens is 275 g/mol. The minimum absolute atomic E-state index is 0.276. The minimum atomic E-state index is -0.315. The monoisotopic (exact) mass is 292 g/mol. The van der Waals surface area contributed by atoms with Crippen LogP contribution < -0.4 is 4.74 Å². The molecule has 0 saturated heterocycles. The first-order valence-electron chi connectivity index (χ1n) is 7.23. The third-order valence-corrected chi connectivity index (χ3v) is 4.70. The van der Waals surface area contributed by atoms with E-state index in [1.54, 1.807) is 12.1 Å². The van der Waals surface area contributed by atoms with Crippen LogP contribution in [0.15, 0.2) is 18.2 Å². The van der Waals surface area contributed by atoms with Crippen LogP contribution in [0.4, 0.5) is 4.39 Å². The van der Waals surface area contributed by atoms with Crippen LogP contribution in [0.2, 0.25) is 0 Å². The van der Waals surface area contributed by atoms with Gasteiger partial charge in [-0.25, -0.2) is 4.39 Å². The van der Waals surface area contributed by atoms with E-state index in [1.807, 2.05) is 0 Å². The Morgan fingerprint density at radius 3 is 2.90 bits per heavy atom. The standard InChI is InChI=1S/C17H18ClFO/c18-7-1-2-12-4-6-16(19)17(10-12)20-11-15-9-13-3-5-14(15)8-13/h4,6,10,13-15H,3,5,7-9,11H2. The van der Waals surface area contributed by atoms with Gasteiger partial charge in [0.25, 0.3) is 0 Å². The molecule has 1 aromatic rings. The lowest BCUT2D eigenvalue weighted by molar-refractivity contribution is 0.189. The van der Waals surface area contributed by atoms with Crippen LogP contribution in [0.5, 0.6) is 5.75 Å².